The Bertz CT molecular complexity index is 547. The smallest absolute Gasteiger partial charge is 0.374 e. The van der Waals surface area contributed by atoms with Crippen molar-refractivity contribution >= 4 is 11.6 Å². The third-order valence-corrected chi connectivity index (χ3v) is 2.64. The normalized spacial score (nSPS) is 12.4. The van der Waals surface area contributed by atoms with Gasteiger partial charge >= 0.3 is 6.18 Å². The number of anilines is 1. The summed E-state index contributed by atoms with van der Waals surface area (Å²) in [6.07, 6.45) is -4.61. The van der Waals surface area contributed by atoms with Gasteiger partial charge in [-0.25, -0.2) is 0 Å². The van der Waals surface area contributed by atoms with E-state index in [4.69, 9.17) is 5.26 Å². The molecule has 20 heavy (non-hydrogen) atoms. The number of nitrogens with zero attached hydrogens (tertiary/aromatic N) is 2. The molecule has 1 unspecified atom stereocenters. The average molecular weight is 285 g/mol. The molecular formula is C13H14F3N3O. The summed E-state index contributed by atoms with van der Waals surface area (Å²) in [6, 6.07) is 4.09. The van der Waals surface area contributed by atoms with Gasteiger partial charge in [0.25, 0.3) is 0 Å². The molecule has 1 rings (SSSR count). The molecule has 0 aliphatic heterocycles. The van der Waals surface area contributed by atoms with Crippen LogP contribution < -0.4 is 5.32 Å². The average Bonchev–Trinajstić information content (AvgIpc) is 2.36. The van der Waals surface area contributed by atoms with E-state index < -0.39 is 23.3 Å². The van der Waals surface area contributed by atoms with Gasteiger partial charge in [-0.1, -0.05) is 0 Å². The predicted octanol–water partition coefficient (Wildman–Crippen LogP) is 2.47. The molecule has 0 radical (unpaired) electrons. The highest BCUT2D eigenvalue weighted by Crippen LogP contribution is 2.33. The van der Waals surface area contributed by atoms with Gasteiger partial charge in [-0.2, -0.15) is 18.4 Å². The van der Waals surface area contributed by atoms with Gasteiger partial charge in [0.1, 0.15) is 6.04 Å². The monoisotopic (exact) mass is 285 g/mol. The number of benzene rings is 1. The van der Waals surface area contributed by atoms with Crippen molar-refractivity contribution in [3.8, 4) is 6.07 Å². The third kappa shape index (κ3) is 3.63. The number of halogens is 3. The number of nitriles is 1. The molecule has 0 spiro atoms. The maximum Gasteiger partial charge on any atom is 0.417 e. The van der Waals surface area contributed by atoms with E-state index >= 15 is 0 Å². The van der Waals surface area contributed by atoms with E-state index in [1.165, 1.54) is 17.0 Å². The first-order valence-corrected chi connectivity index (χ1v) is 5.76. The lowest BCUT2D eigenvalue weighted by Crippen LogP contribution is -2.36. The van der Waals surface area contributed by atoms with Crippen LogP contribution in [0.3, 0.4) is 0 Å². The van der Waals surface area contributed by atoms with Crippen molar-refractivity contribution < 1.29 is 18.0 Å². The van der Waals surface area contributed by atoms with Gasteiger partial charge in [0.05, 0.1) is 17.2 Å². The summed E-state index contributed by atoms with van der Waals surface area (Å²) in [5.74, 6) is -0.261. The minimum atomic E-state index is -4.61. The summed E-state index contributed by atoms with van der Waals surface area (Å²) >= 11 is 0. The van der Waals surface area contributed by atoms with Crippen LogP contribution in [0.4, 0.5) is 18.9 Å². The Hall–Kier alpha value is -2.23. The van der Waals surface area contributed by atoms with Crippen molar-refractivity contribution in [3.05, 3.63) is 29.3 Å². The Morgan fingerprint density at radius 1 is 1.40 bits per heavy atom. The summed E-state index contributed by atoms with van der Waals surface area (Å²) in [7, 11) is 3.11. The van der Waals surface area contributed by atoms with Crippen LogP contribution >= 0.6 is 0 Å². The van der Waals surface area contributed by atoms with Crippen molar-refractivity contribution in [2.75, 3.05) is 19.4 Å². The Balaban J connectivity index is 3.05. The zero-order valence-electron chi connectivity index (χ0n) is 11.2. The molecule has 0 aliphatic carbocycles. The van der Waals surface area contributed by atoms with Gasteiger partial charge in [-0.3, -0.25) is 4.79 Å². The van der Waals surface area contributed by atoms with Crippen LogP contribution in [0.5, 0.6) is 0 Å². The van der Waals surface area contributed by atoms with E-state index in [0.717, 1.165) is 12.1 Å². The zero-order chi connectivity index (χ0) is 15.5. The number of amides is 1. The van der Waals surface area contributed by atoms with E-state index in [1.807, 2.05) is 0 Å². The van der Waals surface area contributed by atoms with Crippen molar-refractivity contribution in [2.45, 2.75) is 19.1 Å². The fourth-order valence-electron chi connectivity index (χ4n) is 1.67. The first-order valence-electron chi connectivity index (χ1n) is 5.76. The summed E-state index contributed by atoms with van der Waals surface area (Å²) in [5.41, 5.74) is -1.33. The lowest BCUT2D eigenvalue weighted by Gasteiger charge is -2.20. The molecule has 0 saturated heterocycles. The van der Waals surface area contributed by atoms with Crippen LogP contribution in [-0.2, 0) is 11.0 Å². The van der Waals surface area contributed by atoms with Gasteiger partial charge in [0.2, 0.25) is 5.91 Å². The number of rotatable bonds is 3. The Labute approximate surface area is 114 Å². The Morgan fingerprint density at radius 3 is 2.45 bits per heavy atom. The Kier molecular flexibility index (Phi) is 4.61. The Morgan fingerprint density at radius 2 is 2.00 bits per heavy atom. The highest BCUT2D eigenvalue weighted by Gasteiger charge is 2.34. The predicted molar refractivity (Wildman–Crippen MR) is 67.9 cm³/mol. The molecule has 1 aromatic carbocycles. The van der Waals surface area contributed by atoms with Crippen molar-refractivity contribution in [2.24, 2.45) is 0 Å². The van der Waals surface area contributed by atoms with Crippen LogP contribution in [0, 0.1) is 11.3 Å². The third-order valence-electron chi connectivity index (χ3n) is 2.64. The molecule has 1 aromatic rings. The van der Waals surface area contributed by atoms with Gasteiger partial charge in [-0.05, 0) is 25.1 Å². The first-order chi connectivity index (χ1) is 9.16. The zero-order valence-corrected chi connectivity index (χ0v) is 11.2. The highest BCUT2D eigenvalue weighted by atomic mass is 19.4. The number of carbonyl (C=O) groups excluding carboxylic acids is 1. The maximum atomic E-state index is 12.8. The first kappa shape index (κ1) is 15.8. The van der Waals surface area contributed by atoms with E-state index in [1.54, 1.807) is 21.0 Å². The van der Waals surface area contributed by atoms with Gasteiger partial charge in [0.15, 0.2) is 0 Å². The molecular weight excluding hydrogens is 271 g/mol. The summed E-state index contributed by atoms with van der Waals surface area (Å²) in [4.78, 5) is 13.0. The van der Waals surface area contributed by atoms with E-state index in [-0.39, 0.29) is 11.6 Å². The fourth-order valence-corrected chi connectivity index (χ4v) is 1.67. The molecule has 0 heterocycles. The molecule has 1 N–H and O–H groups in total. The van der Waals surface area contributed by atoms with Crippen LogP contribution in [0.15, 0.2) is 18.2 Å². The molecule has 0 fully saturated rings. The number of likely N-dealkylation sites (N-methyl/N-ethyl adjacent to an activating group) is 1. The number of hydrogen-bond donors (Lipinski definition) is 1. The highest BCUT2D eigenvalue weighted by molar-refractivity contribution is 5.83. The molecule has 7 heteroatoms. The van der Waals surface area contributed by atoms with Crippen molar-refractivity contribution in [1.82, 2.24) is 4.90 Å². The van der Waals surface area contributed by atoms with Crippen molar-refractivity contribution in [3.63, 3.8) is 0 Å². The second kappa shape index (κ2) is 5.82. The van der Waals surface area contributed by atoms with E-state index in [2.05, 4.69) is 5.32 Å². The van der Waals surface area contributed by atoms with Gasteiger partial charge in [-0.15, -0.1) is 0 Å². The van der Waals surface area contributed by atoms with E-state index in [0.29, 0.717) is 0 Å². The van der Waals surface area contributed by atoms with E-state index in [9.17, 15) is 18.0 Å². The summed E-state index contributed by atoms with van der Waals surface area (Å²) in [6.45, 7) is 1.55. The number of carbonyl (C=O) groups is 1. The van der Waals surface area contributed by atoms with Crippen LogP contribution in [0.25, 0.3) is 0 Å². The maximum absolute atomic E-state index is 12.8. The van der Waals surface area contributed by atoms with Crippen LogP contribution in [0.2, 0.25) is 0 Å². The molecule has 0 bridgehead atoms. The van der Waals surface area contributed by atoms with Crippen molar-refractivity contribution in [1.29, 1.82) is 5.26 Å². The van der Waals surface area contributed by atoms with Crippen LogP contribution in [-0.4, -0.2) is 30.9 Å². The summed E-state index contributed by atoms with van der Waals surface area (Å²) < 4.78 is 38.4. The van der Waals surface area contributed by atoms with Gasteiger partial charge in [0, 0.05) is 19.8 Å². The molecule has 1 atom stereocenters. The second-order valence-electron chi connectivity index (χ2n) is 4.47. The molecule has 0 aromatic heterocycles. The minimum Gasteiger partial charge on any atom is -0.374 e. The second-order valence-corrected chi connectivity index (χ2v) is 4.47. The number of hydrogen-bond acceptors (Lipinski definition) is 3. The molecule has 0 aliphatic rings. The molecule has 1 amide bonds. The minimum absolute atomic E-state index is 0.138. The summed E-state index contributed by atoms with van der Waals surface area (Å²) in [5, 5.41) is 11.4. The fraction of sp³-hybridized carbons (Fsp3) is 0.385. The molecule has 108 valence electrons. The standard InChI is InChI=1S/C13H14F3N3O/c1-8(12(20)19(2)3)18-10-5-4-9(7-17)11(6-10)13(14,15)16/h4-6,8,18H,1-3H3. The number of nitrogens with one attached hydrogen (secondary N) is 1. The quantitative estimate of drug-likeness (QED) is 0.928. The SMILES string of the molecule is CC(Nc1ccc(C#N)c(C(F)(F)F)c1)C(=O)N(C)C. The number of alkyl halides is 3. The topological polar surface area (TPSA) is 56.1 Å². The largest absolute Gasteiger partial charge is 0.417 e. The lowest BCUT2D eigenvalue weighted by atomic mass is 10.1. The van der Waals surface area contributed by atoms with Gasteiger partial charge < -0.3 is 10.2 Å². The lowest BCUT2D eigenvalue weighted by molar-refractivity contribution is -0.137. The van der Waals surface area contributed by atoms with Crippen LogP contribution in [0.1, 0.15) is 18.1 Å². The molecule has 4 nitrogen and oxygen atoms in total. The molecule has 0 saturated carbocycles.